The maximum Gasteiger partial charge on any atom is 0.118 e. The first-order chi connectivity index (χ1) is 12.0. The Labute approximate surface area is 153 Å². The van der Waals surface area contributed by atoms with Crippen LogP contribution in [0.15, 0.2) is 24.3 Å². The first-order valence-electron chi connectivity index (χ1n) is 9.55. The lowest BCUT2D eigenvalue weighted by molar-refractivity contribution is -0.0820. The molecule has 0 aliphatic carbocycles. The maximum absolute atomic E-state index is 10.7. The van der Waals surface area contributed by atoms with Gasteiger partial charge in [0.25, 0.3) is 0 Å². The quantitative estimate of drug-likeness (QED) is 0.559. The van der Waals surface area contributed by atoms with Gasteiger partial charge in [0.2, 0.25) is 0 Å². The number of ether oxygens (including phenoxy) is 2. The van der Waals surface area contributed by atoms with Crippen LogP contribution in [0, 0.1) is 11.8 Å². The van der Waals surface area contributed by atoms with Gasteiger partial charge < -0.3 is 19.7 Å². The van der Waals surface area contributed by atoms with Gasteiger partial charge in [-0.2, -0.15) is 0 Å². The summed E-state index contributed by atoms with van der Waals surface area (Å²) in [6.07, 6.45) is 4.02. The third-order valence-corrected chi connectivity index (χ3v) is 4.82. The van der Waals surface area contributed by atoms with E-state index in [1.807, 2.05) is 24.3 Å². The molecule has 0 aliphatic heterocycles. The minimum Gasteiger partial charge on any atom is -0.497 e. The van der Waals surface area contributed by atoms with E-state index in [4.69, 9.17) is 14.6 Å². The Hall–Kier alpha value is -1.10. The van der Waals surface area contributed by atoms with Crippen LogP contribution < -0.4 is 4.74 Å². The van der Waals surface area contributed by atoms with Crippen molar-refractivity contribution in [3.63, 3.8) is 0 Å². The van der Waals surface area contributed by atoms with E-state index < -0.39 is 6.10 Å². The lowest BCUT2D eigenvalue weighted by Crippen LogP contribution is -2.36. The topological polar surface area (TPSA) is 58.9 Å². The average Bonchev–Trinajstić information content (AvgIpc) is 2.60. The van der Waals surface area contributed by atoms with E-state index in [1.54, 1.807) is 7.11 Å². The molecule has 1 aromatic carbocycles. The lowest BCUT2D eigenvalue weighted by Gasteiger charge is -2.30. The predicted molar refractivity (Wildman–Crippen MR) is 102 cm³/mol. The van der Waals surface area contributed by atoms with Crippen molar-refractivity contribution in [1.82, 2.24) is 0 Å². The summed E-state index contributed by atoms with van der Waals surface area (Å²) in [4.78, 5) is 0. The fourth-order valence-electron chi connectivity index (χ4n) is 3.14. The summed E-state index contributed by atoms with van der Waals surface area (Å²) in [6, 6.07) is 7.84. The fraction of sp³-hybridized carbons (Fsp3) is 0.714. The van der Waals surface area contributed by atoms with Crippen molar-refractivity contribution in [1.29, 1.82) is 0 Å². The Morgan fingerprint density at radius 3 is 2.32 bits per heavy atom. The molecule has 0 aliphatic rings. The van der Waals surface area contributed by atoms with Crippen LogP contribution in [0.3, 0.4) is 0 Å². The Bertz CT molecular complexity index is 446. The molecule has 0 bridgehead atoms. The first-order valence-corrected chi connectivity index (χ1v) is 9.55. The Balaban J connectivity index is 2.68. The number of benzene rings is 1. The summed E-state index contributed by atoms with van der Waals surface area (Å²) in [5.41, 5.74) is 1.07. The van der Waals surface area contributed by atoms with Gasteiger partial charge in [0.15, 0.2) is 0 Å². The van der Waals surface area contributed by atoms with E-state index in [1.165, 1.54) is 0 Å². The molecule has 0 aromatic heterocycles. The van der Waals surface area contributed by atoms with Crippen molar-refractivity contribution < 1.29 is 19.7 Å². The highest BCUT2D eigenvalue weighted by Crippen LogP contribution is 2.24. The maximum atomic E-state index is 10.7. The van der Waals surface area contributed by atoms with Gasteiger partial charge in [0.05, 0.1) is 25.9 Å². The number of rotatable bonds is 13. The lowest BCUT2D eigenvalue weighted by atomic mass is 9.89. The summed E-state index contributed by atoms with van der Waals surface area (Å²) in [5.74, 6) is 1.41. The zero-order valence-electron chi connectivity index (χ0n) is 16.3. The molecule has 1 rings (SSSR count). The van der Waals surface area contributed by atoms with Crippen LogP contribution in [-0.2, 0) is 11.3 Å². The smallest absolute Gasteiger partial charge is 0.118 e. The Morgan fingerprint density at radius 1 is 1.08 bits per heavy atom. The van der Waals surface area contributed by atoms with Crippen LogP contribution in [0.25, 0.3) is 0 Å². The van der Waals surface area contributed by atoms with Crippen molar-refractivity contribution in [3.8, 4) is 5.75 Å². The monoisotopic (exact) mass is 352 g/mol. The molecule has 25 heavy (non-hydrogen) atoms. The summed E-state index contributed by atoms with van der Waals surface area (Å²) in [5, 5.41) is 19.8. The van der Waals surface area contributed by atoms with Gasteiger partial charge in [0.1, 0.15) is 5.75 Å². The summed E-state index contributed by atoms with van der Waals surface area (Å²) in [6.45, 7) is 7.05. The molecule has 0 saturated heterocycles. The Morgan fingerprint density at radius 2 is 1.76 bits per heavy atom. The summed E-state index contributed by atoms with van der Waals surface area (Å²) >= 11 is 0. The number of hydrogen-bond donors (Lipinski definition) is 2. The van der Waals surface area contributed by atoms with Crippen molar-refractivity contribution in [2.75, 3.05) is 13.7 Å². The second-order valence-corrected chi connectivity index (χ2v) is 7.16. The SMILES string of the molecule is CCCC[C@@H](C)[C@@H](OCc1ccc(OC)cc1)[C@H](O)C[C@@H](C)CCO. The molecule has 4 nitrogen and oxygen atoms in total. The molecule has 4 atom stereocenters. The van der Waals surface area contributed by atoms with Crippen LogP contribution >= 0.6 is 0 Å². The summed E-state index contributed by atoms with van der Waals surface area (Å²) in [7, 11) is 1.65. The number of methoxy groups -OCH3 is 1. The normalized spacial score (nSPS) is 16.2. The van der Waals surface area contributed by atoms with Gasteiger partial charge in [-0.3, -0.25) is 0 Å². The van der Waals surface area contributed by atoms with Gasteiger partial charge in [-0.15, -0.1) is 0 Å². The van der Waals surface area contributed by atoms with Crippen molar-refractivity contribution in [2.24, 2.45) is 11.8 Å². The van der Waals surface area contributed by atoms with Gasteiger partial charge in [0, 0.05) is 6.61 Å². The Kier molecular flexibility index (Phi) is 10.8. The molecule has 2 N–H and O–H groups in total. The van der Waals surface area contributed by atoms with E-state index >= 15 is 0 Å². The van der Waals surface area contributed by atoms with Gasteiger partial charge in [-0.05, 0) is 48.8 Å². The highest BCUT2D eigenvalue weighted by atomic mass is 16.5. The van der Waals surface area contributed by atoms with Gasteiger partial charge in [-0.1, -0.05) is 45.7 Å². The van der Waals surface area contributed by atoms with Crippen molar-refractivity contribution in [2.45, 2.75) is 71.7 Å². The molecule has 0 radical (unpaired) electrons. The molecular weight excluding hydrogens is 316 g/mol. The molecule has 0 heterocycles. The molecule has 0 fully saturated rings. The second-order valence-electron chi connectivity index (χ2n) is 7.16. The van der Waals surface area contributed by atoms with Crippen molar-refractivity contribution >= 4 is 0 Å². The van der Waals surface area contributed by atoms with E-state index in [0.717, 1.165) is 30.6 Å². The second kappa shape index (κ2) is 12.3. The number of aliphatic hydroxyl groups excluding tert-OH is 2. The predicted octanol–water partition coefficient (Wildman–Crippen LogP) is 4.18. The minimum absolute atomic E-state index is 0.163. The third-order valence-electron chi connectivity index (χ3n) is 4.82. The van der Waals surface area contributed by atoms with Crippen LogP contribution in [0.4, 0.5) is 0 Å². The van der Waals surface area contributed by atoms with Crippen LogP contribution in [0.2, 0.25) is 0 Å². The molecule has 144 valence electrons. The molecule has 0 spiro atoms. The van der Waals surface area contributed by atoms with E-state index in [-0.39, 0.29) is 18.6 Å². The minimum atomic E-state index is -0.508. The number of hydrogen-bond acceptors (Lipinski definition) is 4. The molecule has 4 heteroatoms. The van der Waals surface area contributed by atoms with E-state index in [2.05, 4.69) is 20.8 Å². The zero-order chi connectivity index (χ0) is 18.7. The molecule has 0 amide bonds. The largest absolute Gasteiger partial charge is 0.497 e. The highest BCUT2D eigenvalue weighted by molar-refractivity contribution is 5.26. The number of aliphatic hydroxyl groups is 2. The van der Waals surface area contributed by atoms with Crippen molar-refractivity contribution in [3.05, 3.63) is 29.8 Å². The van der Waals surface area contributed by atoms with E-state index in [0.29, 0.717) is 25.4 Å². The highest BCUT2D eigenvalue weighted by Gasteiger charge is 2.27. The van der Waals surface area contributed by atoms with E-state index in [9.17, 15) is 5.11 Å². The van der Waals surface area contributed by atoms with Gasteiger partial charge in [-0.25, -0.2) is 0 Å². The fourth-order valence-corrected chi connectivity index (χ4v) is 3.14. The first kappa shape index (κ1) is 21.9. The summed E-state index contributed by atoms with van der Waals surface area (Å²) < 4.78 is 11.3. The zero-order valence-corrected chi connectivity index (χ0v) is 16.3. The average molecular weight is 353 g/mol. The van der Waals surface area contributed by atoms with Crippen LogP contribution in [0.1, 0.15) is 58.4 Å². The number of unbranched alkanes of at least 4 members (excludes halogenated alkanes) is 1. The molecule has 0 unspecified atom stereocenters. The van der Waals surface area contributed by atoms with Gasteiger partial charge >= 0.3 is 0 Å². The molecule has 0 saturated carbocycles. The van der Waals surface area contributed by atoms with Crippen LogP contribution in [0.5, 0.6) is 5.75 Å². The van der Waals surface area contributed by atoms with Crippen LogP contribution in [-0.4, -0.2) is 36.1 Å². The third kappa shape index (κ3) is 8.21. The molecular formula is C21H36O4. The standard InChI is InChI=1S/C21H36O4/c1-5-6-7-17(3)21(20(23)14-16(2)12-13-22)25-15-18-8-10-19(24-4)11-9-18/h8-11,16-17,20-23H,5-7,12-15H2,1-4H3/t16-,17+,20+,21+/m0/s1. The molecule has 1 aromatic rings.